The normalized spacial score (nSPS) is 11.0. The van der Waals surface area contributed by atoms with Crippen molar-refractivity contribution in [1.29, 1.82) is 0 Å². The average molecular weight is 477 g/mol. The topological polar surface area (TPSA) is 67.9 Å². The van der Waals surface area contributed by atoms with E-state index in [-0.39, 0.29) is 23.9 Å². The van der Waals surface area contributed by atoms with Crippen molar-refractivity contribution < 1.29 is 19.1 Å². The third-order valence-corrected chi connectivity index (χ3v) is 4.76. The van der Waals surface area contributed by atoms with Gasteiger partial charge in [-0.25, -0.2) is 0 Å². The van der Waals surface area contributed by atoms with E-state index in [9.17, 15) is 9.59 Å². The molecule has 0 aromatic heterocycles. The molecule has 0 aliphatic heterocycles. The van der Waals surface area contributed by atoms with Crippen LogP contribution in [0.5, 0.6) is 11.5 Å². The number of rotatable bonds is 8. The molecule has 2 aromatic rings. The van der Waals surface area contributed by atoms with E-state index in [1.54, 1.807) is 18.2 Å². The van der Waals surface area contributed by atoms with Crippen molar-refractivity contribution >= 4 is 27.7 Å². The maximum Gasteiger partial charge on any atom is 0.254 e. The molecule has 0 saturated heterocycles. The highest BCUT2D eigenvalue weighted by molar-refractivity contribution is 9.10. The van der Waals surface area contributed by atoms with E-state index in [4.69, 9.17) is 9.47 Å². The predicted molar refractivity (Wildman–Crippen MR) is 121 cm³/mol. The number of nitrogens with zero attached hydrogens (tertiary/aromatic N) is 1. The van der Waals surface area contributed by atoms with Crippen LogP contribution < -0.4 is 14.8 Å². The van der Waals surface area contributed by atoms with E-state index in [1.165, 1.54) is 12.0 Å². The van der Waals surface area contributed by atoms with Gasteiger partial charge in [-0.2, -0.15) is 0 Å². The number of amides is 2. The molecule has 0 unspecified atom stereocenters. The fourth-order valence-corrected chi connectivity index (χ4v) is 3.07. The second-order valence-electron chi connectivity index (χ2n) is 7.90. The van der Waals surface area contributed by atoms with E-state index < -0.39 is 0 Å². The highest BCUT2D eigenvalue weighted by Crippen LogP contribution is 2.29. The molecule has 0 radical (unpaired) electrons. The Hall–Kier alpha value is -2.54. The standard InChI is InChI=1S/C23H29BrN2O4/c1-6-26(14-21(27)25-23(2,3)4)22(28)17-9-12-19(20(13-17)29-5)30-15-16-7-10-18(24)11-8-16/h7-13H,6,14-15H2,1-5H3,(H,25,27). The molecule has 30 heavy (non-hydrogen) atoms. The molecular formula is C23H29BrN2O4. The van der Waals surface area contributed by atoms with Gasteiger partial charge in [0.1, 0.15) is 6.61 Å². The number of hydrogen-bond acceptors (Lipinski definition) is 4. The minimum absolute atomic E-state index is 0.00324. The first-order valence-corrected chi connectivity index (χ1v) is 10.6. The van der Waals surface area contributed by atoms with Gasteiger partial charge in [0.05, 0.1) is 13.7 Å². The molecule has 0 heterocycles. The van der Waals surface area contributed by atoms with Crippen molar-refractivity contribution in [1.82, 2.24) is 10.2 Å². The Labute approximate surface area is 186 Å². The Morgan fingerprint density at radius 1 is 1.07 bits per heavy atom. The fraction of sp³-hybridized carbons (Fsp3) is 0.391. The highest BCUT2D eigenvalue weighted by atomic mass is 79.9. The van der Waals surface area contributed by atoms with Gasteiger partial charge in [-0.1, -0.05) is 28.1 Å². The van der Waals surface area contributed by atoms with Crippen LogP contribution in [0, 0.1) is 0 Å². The van der Waals surface area contributed by atoms with Gasteiger partial charge in [-0.05, 0) is 63.6 Å². The number of methoxy groups -OCH3 is 1. The summed E-state index contributed by atoms with van der Waals surface area (Å²) in [6.07, 6.45) is 0. The molecular weight excluding hydrogens is 448 g/mol. The SMILES string of the molecule is CCN(CC(=O)NC(C)(C)C)C(=O)c1ccc(OCc2ccc(Br)cc2)c(OC)c1. The summed E-state index contributed by atoms with van der Waals surface area (Å²) in [4.78, 5) is 26.6. The number of hydrogen-bond donors (Lipinski definition) is 1. The van der Waals surface area contributed by atoms with Crippen molar-refractivity contribution in [2.24, 2.45) is 0 Å². The van der Waals surface area contributed by atoms with Gasteiger partial charge in [-0.15, -0.1) is 0 Å². The van der Waals surface area contributed by atoms with Gasteiger partial charge in [0, 0.05) is 22.1 Å². The number of ether oxygens (including phenoxy) is 2. The number of carbonyl (C=O) groups excluding carboxylic acids is 2. The van der Waals surface area contributed by atoms with E-state index in [1.807, 2.05) is 52.0 Å². The molecule has 0 spiro atoms. The summed E-state index contributed by atoms with van der Waals surface area (Å²) in [6, 6.07) is 12.9. The summed E-state index contributed by atoms with van der Waals surface area (Å²) in [5.74, 6) is 0.581. The molecule has 0 bridgehead atoms. The average Bonchev–Trinajstić information content (AvgIpc) is 2.69. The van der Waals surface area contributed by atoms with E-state index in [0.29, 0.717) is 30.2 Å². The van der Waals surface area contributed by atoms with Crippen molar-refractivity contribution in [3.63, 3.8) is 0 Å². The fourth-order valence-electron chi connectivity index (χ4n) is 2.80. The molecule has 1 N–H and O–H groups in total. The number of halogens is 1. The first kappa shape index (κ1) is 23.7. The molecule has 162 valence electrons. The smallest absolute Gasteiger partial charge is 0.254 e. The zero-order chi connectivity index (χ0) is 22.3. The lowest BCUT2D eigenvalue weighted by Crippen LogP contribution is -2.47. The Kier molecular flexibility index (Phi) is 8.29. The third kappa shape index (κ3) is 7.06. The molecule has 2 amide bonds. The molecule has 0 fully saturated rings. The van der Waals surface area contributed by atoms with Crippen molar-refractivity contribution in [3.05, 3.63) is 58.1 Å². The second kappa shape index (κ2) is 10.5. The summed E-state index contributed by atoms with van der Waals surface area (Å²) < 4.78 is 12.3. The van der Waals surface area contributed by atoms with E-state index in [2.05, 4.69) is 21.2 Å². The zero-order valence-corrected chi connectivity index (χ0v) is 19.7. The Balaban J connectivity index is 2.10. The number of likely N-dealkylation sites (N-methyl/N-ethyl adjacent to an activating group) is 1. The van der Waals surface area contributed by atoms with Gasteiger partial charge in [0.25, 0.3) is 5.91 Å². The molecule has 0 aliphatic rings. The Morgan fingerprint density at radius 3 is 2.30 bits per heavy atom. The number of carbonyl (C=O) groups is 2. The third-order valence-electron chi connectivity index (χ3n) is 4.24. The highest BCUT2D eigenvalue weighted by Gasteiger charge is 2.21. The molecule has 0 atom stereocenters. The lowest BCUT2D eigenvalue weighted by atomic mass is 10.1. The maximum absolute atomic E-state index is 12.9. The summed E-state index contributed by atoms with van der Waals surface area (Å²) in [5, 5.41) is 2.88. The molecule has 0 saturated carbocycles. The molecule has 2 rings (SSSR count). The van der Waals surface area contributed by atoms with E-state index >= 15 is 0 Å². The van der Waals surface area contributed by atoms with Crippen LogP contribution >= 0.6 is 15.9 Å². The monoisotopic (exact) mass is 476 g/mol. The van der Waals surface area contributed by atoms with Gasteiger partial charge in [0.15, 0.2) is 11.5 Å². The quantitative estimate of drug-likeness (QED) is 0.612. The summed E-state index contributed by atoms with van der Waals surface area (Å²) in [5.41, 5.74) is 1.10. The summed E-state index contributed by atoms with van der Waals surface area (Å²) in [7, 11) is 1.53. The van der Waals surface area contributed by atoms with E-state index in [0.717, 1.165) is 10.0 Å². The summed E-state index contributed by atoms with van der Waals surface area (Å²) >= 11 is 3.41. The largest absolute Gasteiger partial charge is 0.493 e. The van der Waals surface area contributed by atoms with Crippen LogP contribution in [0.25, 0.3) is 0 Å². The van der Waals surface area contributed by atoms with Crippen LogP contribution in [0.3, 0.4) is 0 Å². The number of nitrogens with one attached hydrogen (secondary N) is 1. The van der Waals surface area contributed by atoms with Gasteiger partial charge < -0.3 is 19.7 Å². The maximum atomic E-state index is 12.9. The van der Waals surface area contributed by atoms with Gasteiger partial charge >= 0.3 is 0 Å². The van der Waals surface area contributed by atoms with Crippen LogP contribution in [0.4, 0.5) is 0 Å². The summed E-state index contributed by atoms with van der Waals surface area (Å²) in [6.45, 7) is 8.35. The van der Waals surface area contributed by atoms with Crippen LogP contribution in [-0.4, -0.2) is 42.5 Å². The zero-order valence-electron chi connectivity index (χ0n) is 18.1. The van der Waals surface area contributed by atoms with Crippen LogP contribution in [-0.2, 0) is 11.4 Å². The minimum Gasteiger partial charge on any atom is -0.493 e. The molecule has 0 aliphatic carbocycles. The van der Waals surface area contributed by atoms with Gasteiger partial charge in [-0.3, -0.25) is 9.59 Å². The Morgan fingerprint density at radius 2 is 1.73 bits per heavy atom. The van der Waals surface area contributed by atoms with Crippen LogP contribution in [0.1, 0.15) is 43.6 Å². The second-order valence-corrected chi connectivity index (χ2v) is 8.81. The molecule has 7 heteroatoms. The molecule has 2 aromatic carbocycles. The lowest BCUT2D eigenvalue weighted by molar-refractivity contribution is -0.123. The Bertz CT molecular complexity index is 876. The lowest BCUT2D eigenvalue weighted by Gasteiger charge is -2.25. The first-order chi connectivity index (χ1) is 14.1. The van der Waals surface area contributed by atoms with Gasteiger partial charge in [0.2, 0.25) is 5.91 Å². The van der Waals surface area contributed by atoms with Crippen molar-refractivity contribution in [2.75, 3.05) is 20.2 Å². The van der Waals surface area contributed by atoms with Crippen LogP contribution in [0.15, 0.2) is 46.9 Å². The minimum atomic E-state index is -0.351. The molecule has 6 nitrogen and oxygen atoms in total. The van der Waals surface area contributed by atoms with Crippen LogP contribution in [0.2, 0.25) is 0 Å². The number of benzene rings is 2. The van der Waals surface area contributed by atoms with Crippen molar-refractivity contribution in [3.8, 4) is 11.5 Å². The predicted octanol–water partition coefficient (Wildman–Crippen LogP) is 4.41. The van der Waals surface area contributed by atoms with Crippen molar-refractivity contribution in [2.45, 2.75) is 39.8 Å². The first-order valence-electron chi connectivity index (χ1n) is 9.78.